The molecule has 2 saturated heterocycles. The summed E-state index contributed by atoms with van der Waals surface area (Å²) in [5.41, 5.74) is 0. The molecule has 6 atom stereocenters. The van der Waals surface area contributed by atoms with Gasteiger partial charge >= 0.3 is 66.1 Å². The monoisotopic (exact) mass is 498 g/mol. The molecule has 6 N–H and O–H groups in total. The van der Waals surface area contributed by atoms with Crippen LogP contribution in [0.5, 0.6) is 0 Å². The van der Waals surface area contributed by atoms with Crippen LogP contribution >= 0.6 is 0 Å². The van der Waals surface area contributed by atoms with Crippen LogP contribution in [0.1, 0.15) is 0 Å². The van der Waals surface area contributed by atoms with Gasteiger partial charge in [-0.25, -0.2) is 0 Å². The largest absolute Gasteiger partial charge is 1.20 e. The fourth-order valence-electron chi connectivity index (χ4n) is 1.91. The minimum absolute atomic E-state index is 1.60. The van der Waals surface area contributed by atoms with Crippen molar-refractivity contribution in [1.29, 1.82) is 0 Å². The summed E-state index contributed by atoms with van der Waals surface area (Å²) in [5, 5.41) is 56.5. The lowest BCUT2D eigenvalue weighted by molar-refractivity contribution is -0.168. The summed E-state index contributed by atoms with van der Waals surface area (Å²) in [6.45, 7) is 0. The SMILES string of the molecule is O=C1[O][Al]([O]C(=O)[C@@H](O)[C@H](O)C(=O)[O][Al]2[O]C(=O)[C@@H](O)[C@@H](O)C(=O)[O]2)[O]C(=O)[C@@H](O)[C@@H]1O. The number of rotatable bonds is 5. The van der Waals surface area contributed by atoms with E-state index in [4.69, 9.17) is 0 Å². The molecule has 2 fully saturated rings. The van der Waals surface area contributed by atoms with E-state index in [2.05, 4.69) is 22.7 Å². The predicted molar refractivity (Wildman–Crippen MR) is 84.1 cm³/mol. The first-order valence-corrected chi connectivity index (χ1v) is 11.0. The number of aliphatic hydroxyl groups is 6. The number of hydrogen-bond acceptors (Lipinski definition) is 18. The summed E-state index contributed by atoms with van der Waals surface area (Å²) >= 11 is -8.20. The smallest absolute Gasteiger partial charge is 0.549 e. The highest BCUT2D eigenvalue weighted by molar-refractivity contribution is 6.46. The van der Waals surface area contributed by atoms with E-state index in [0.29, 0.717) is 0 Å². The molecule has 0 spiro atoms. The van der Waals surface area contributed by atoms with Crippen molar-refractivity contribution in [2.24, 2.45) is 0 Å². The molecule has 174 valence electrons. The van der Waals surface area contributed by atoms with E-state index in [1.807, 2.05) is 0 Å². The second kappa shape index (κ2) is 10.5. The van der Waals surface area contributed by atoms with E-state index < -0.39 is 103 Å². The van der Waals surface area contributed by atoms with Crippen molar-refractivity contribution in [3.63, 3.8) is 0 Å². The van der Waals surface area contributed by atoms with Crippen LogP contribution in [0.15, 0.2) is 0 Å². The number of carbonyl (C=O) groups excluding carboxylic acids is 6. The first-order chi connectivity index (χ1) is 14.8. The van der Waals surface area contributed by atoms with Gasteiger partial charge in [0, 0.05) is 0 Å². The molecule has 2 aliphatic heterocycles. The van der Waals surface area contributed by atoms with Gasteiger partial charge in [0.05, 0.1) is 0 Å². The van der Waals surface area contributed by atoms with Gasteiger partial charge in [0.25, 0.3) is 0 Å². The zero-order valence-corrected chi connectivity index (χ0v) is 17.5. The minimum atomic E-state index is -4.10. The molecule has 2 heterocycles. The van der Waals surface area contributed by atoms with Crippen molar-refractivity contribution in [3.05, 3.63) is 0 Å². The highest BCUT2D eigenvalue weighted by Crippen LogP contribution is 2.13. The van der Waals surface area contributed by atoms with Crippen LogP contribution in [0.2, 0.25) is 0 Å². The van der Waals surface area contributed by atoms with Crippen LogP contribution in [0.4, 0.5) is 0 Å². The summed E-state index contributed by atoms with van der Waals surface area (Å²) in [6, 6.07) is 0. The summed E-state index contributed by atoms with van der Waals surface area (Å²) in [4.78, 5) is 69.3. The second-order valence-electron chi connectivity index (χ2n) is 5.87. The molecule has 0 radical (unpaired) electrons. The van der Waals surface area contributed by atoms with Crippen molar-refractivity contribution in [2.45, 2.75) is 36.6 Å². The second-order valence-corrected chi connectivity index (χ2v) is 8.44. The first kappa shape index (κ1) is 25.9. The Balaban J connectivity index is 1.97. The summed E-state index contributed by atoms with van der Waals surface area (Å²) < 4.78 is 26.1. The van der Waals surface area contributed by atoms with Gasteiger partial charge in [-0.3, -0.25) is 28.8 Å². The zero-order chi connectivity index (χ0) is 24.3. The molecule has 0 saturated carbocycles. The maximum atomic E-state index is 11.8. The Hall–Kier alpha value is -2.36. The van der Waals surface area contributed by atoms with Crippen molar-refractivity contribution in [3.8, 4) is 0 Å². The molecule has 20 heteroatoms. The third kappa shape index (κ3) is 5.91. The van der Waals surface area contributed by atoms with Gasteiger partial charge in [-0.2, -0.15) is 0 Å². The molecule has 0 unspecified atom stereocenters. The van der Waals surface area contributed by atoms with E-state index >= 15 is 0 Å². The van der Waals surface area contributed by atoms with E-state index in [1.165, 1.54) is 0 Å². The lowest BCUT2D eigenvalue weighted by atomic mass is 10.2. The molecule has 0 aromatic heterocycles. The van der Waals surface area contributed by atoms with Crippen molar-refractivity contribution in [2.75, 3.05) is 0 Å². The molecule has 32 heavy (non-hydrogen) atoms. The average molecular weight is 498 g/mol. The standard InChI is InChI=1S/3C4H6O6.2Al/c3*5-1(3(7)8)2(6)4(9)10;;/h3*1-2,5-6H,(H,7,8)(H,9,10);;/q;;;2*+3/p-6/t1-,2+;2*1-,2-;;/m.00../s1. The summed E-state index contributed by atoms with van der Waals surface area (Å²) in [5.74, 6) is -10.2. The third-order valence-corrected chi connectivity index (χ3v) is 6.17. The molecule has 2 aliphatic rings. The van der Waals surface area contributed by atoms with Crippen LogP contribution in [0.3, 0.4) is 0 Å². The van der Waals surface area contributed by atoms with E-state index in [1.54, 1.807) is 0 Å². The molecule has 0 aromatic carbocycles. The van der Waals surface area contributed by atoms with Gasteiger partial charge in [0.2, 0.25) is 0 Å². The highest BCUT2D eigenvalue weighted by Gasteiger charge is 2.58. The quantitative estimate of drug-likeness (QED) is 0.192. The lowest BCUT2D eigenvalue weighted by Crippen LogP contribution is -2.47. The summed E-state index contributed by atoms with van der Waals surface area (Å²) in [7, 11) is 0. The number of carbonyl (C=O) groups is 6. The number of aliphatic hydroxyl groups excluding tert-OH is 6. The van der Waals surface area contributed by atoms with Crippen molar-refractivity contribution >= 4 is 66.1 Å². The van der Waals surface area contributed by atoms with Crippen LogP contribution in [-0.4, -0.2) is 133 Å². The molecule has 0 amide bonds. The Morgan fingerprint density at radius 2 is 0.844 bits per heavy atom. The van der Waals surface area contributed by atoms with Crippen molar-refractivity contribution in [1.82, 2.24) is 0 Å². The molecule has 0 aromatic rings. The van der Waals surface area contributed by atoms with Crippen LogP contribution in [0, 0.1) is 0 Å². The van der Waals surface area contributed by atoms with E-state index in [-0.39, 0.29) is 0 Å². The third-order valence-electron chi connectivity index (χ3n) is 3.62. The molecule has 0 aliphatic carbocycles. The molecule has 2 rings (SSSR count). The van der Waals surface area contributed by atoms with E-state index in [0.717, 1.165) is 0 Å². The molecular weight excluding hydrogens is 486 g/mol. The maximum absolute atomic E-state index is 11.8. The highest BCUT2D eigenvalue weighted by atomic mass is 27.3. The first-order valence-electron chi connectivity index (χ1n) is 8.14. The normalized spacial score (nSPS) is 28.2. The van der Waals surface area contributed by atoms with Gasteiger partial charge in [0.15, 0.2) is 36.6 Å². The zero-order valence-electron chi connectivity index (χ0n) is 15.2. The van der Waals surface area contributed by atoms with Gasteiger partial charge in [0.1, 0.15) is 0 Å². The minimum Gasteiger partial charge on any atom is -0.549 e. The van der Waals surface area contributed by atoms with Gasteiger partial charge < -0.3 is 53.4 Å². The Labute approximate surface area is 185 Å². The average Bonchev–Trinajstić information content (AvgIpc) is 2.88. The Morgan fingerprint density at radius 3 is 1.06 bits per heavy atom. The maximum Gasteiger partial charge on any atom is 1.20 e. The van der Waals surface area contributed by atoms with E-state index in [9.17, 15) is 59.4 Å². The van der Waals surface area contributed by atoms with Crippen LogP contribution in [0.25, 0.3) is 0 Å². The fraction of sp³-hybridized carbons (Fsp3) is 0.500. The predicted octanol–water partition coefficient (Wildman–Crippen LogP) is -7.59. The van der Waals surface area contributed by atoms with Gasteiger partial charge in [-0.15, -0.1) is 0 Å². The topological polar surface area (TPSA) is 279 Å². The van der Waals surface area contributed by atoms with Crippen LogP contribution < -0.4 is 0 Å². The van der Waals surface area contributed by atoms with Crippen molar-refractivity contribution < 1.29 is 82.1 Å². The van der Waals surface area contributed by atoms with Gasteiger partial charge in [-0.1, -0.05) is 0 Å². The Kier molecular flexibility index (Phi) is 8.50. The molecule has 18 nitrogen and oxygen atoms in total. The fourth-order valence-corrected chi connectivity index (χ4v) is 4.17. The Morgan fingerprint density at radius 1 is 0.625 bits per heavy atom. The number of hydrogen-bond donors (Lipinski definition) is 6. The molecule has 0 bridgehead atoms. The summed E-state index contributed by atoms with van der Waals surface area (Å²) in [6.07, 6.45) is -14.9. The Bertz CT molecular complexity index is 704. The van der Waals surface area contributed by atoms with Crippen LogP contribution in [-0.2, 0) is 51.5 Å². The van der Waals surface area contributed by atoms with Gasteiger partial charge in [-0.05, 0) is 0 Å². The lowest BCUT2D eigenvalue weighted by Gasteiger charge is -2.18. The molecular formula is C12H12Al2O18.